The summed E-state index contributed by atoms with van der Waals surface area (Å²) in [7, 11) is 1.29. The van der Waals surface area contributed by atoms with Crippen molar-refractivity contribution in [2.24, 2.45) is 11.8 Å². The lowest BCUT2D eigenvalue weighted by Crippen LogP contribution is -2.38. The van der Waals surface area contributed by atoms with Crippen LogP contribution in [0.15, 0.2) is 18.5 Å². The molecule has 1 heterocycles. The number of carbonyl (C=O) groups excluding carboxylic acids is 2. The molecule has 0 saturated carbocycles. The molecule has 0 aromatic carbocycles. The number of esters is 1. The lowest BCUT2D eigenvalue weighted by molar-refractivity contribution is -0.151. The van der Waals surface area contributed by atoms with Gasteiger partial charge < -0.3 is 15.0 Å². The number of carbonyl (C=O) groups is 2. The lowest BCUT2D eigenvalue weighted by Gasteiger charge is -2.17. The van der Waals surface area contributed by atoms with Gasteiger partial charge in [-0.05, 0) is 17.5 Å². The fraction of sp³-hybridized carbons (Fsp3) is 0.500. The summed E-state index contributed by atoms with van der Waals surface area (Å²) >= 11 is 0. The van der Waals surface area contributed by atoms with Crippen LogP contribution < -0.4 is 5.32 Å². The molecule has 1 atom stereocenters. The summed E-state index contributed by atoms with van der Waals surface area (Å²) in [5, 5.41) is 2.72. The van der Waals surface area contributed by atoms with Gasteiger partial charge in [-0.1, -0.05) is 13.8 Å². The lowest BCUT2D eigenvalue weighted by atomic mass is 9.95. The molecule has 5 heteroatoms. The van der Waals surface area contributed by atoms with Gasteiger partial charge in [0, 0.05) is 18.9 Å². The predicted molar refractivity (Wildman–Crippen MR) is 63.0 cm³/mol. The Morgan fingerprint density at radius 1 is 1.47 bits per heavy atom. The molecule has 1 rings (SSSR count). The topological polar surface area (TPSA) is 71.2 Å². The minimum absolute atomic E-state index is 0.0892. The number of ether oxygens (including phenoxy) is 1. The van der Waals surface area contributed by atoms with Crippen molar-refractivity contribution in [1.29, 1.82) is 0 Å². The zero-order valence-electron chi connectivity index (χ0n) is 10.3. The second-order valence-corrected chi connectivity index (χ2v) is 4.18. The average molecular weight is 238 g/mol. The van der Waals surface area contributed by atoms with Crippen molar-refractivity contribution in [1.82, 2.24) is 10.3 Å². The van der Waals surface area contributed by atoms with Crippen molar-refractivity contribution in [3.8, 4) is 0 Å². The highest BCUT2D eigenvalue weighted by atomic mass is 16.5. The fourth-order valence-electron chi connectivity index (χ4n) is 1.58. The normalized spacial score (nSPS) is 12.2. The number of hydrogen-bond acceptors (Lipinski definition) is 3. The number of aromatic nitrogens is 1. The average Bonchev–Trinajstić information content (AvgIpc) is 2.78. The van der Waals surface area contributed by atoms with E-state index in [-0.39, 0.29) is 11.8 Å². The number of rotatable bonds is 5. The van der Waals surface area contributed by atoms with Gasteiger partial charge in [-0.2, -0.15) is 0 Å². The third-order valence-electron chi connectivity index (χ3n) is 2.53. The van der Waals surface area contributed by atoms with Gasteiger partial charge in [0.2, 0.25) is 5.91 Å². The van der Waals surface area contributed by atoms with E-state index in [2.05, 4.69) is 15.0 Å². The summed E-state index contributed by atoms with van der Waals surface area (Å²) in [6.45, 7) is 4.04. The van der Waals surface area contributed by atoms with E-state index in [4.69, 9.17) is 0 Å². The fourth-order valence-corrected chi connectivity index (χ4v) is 1.58. The van der Waals surface area contributed by atoms with Crippen LogP contribution in [0.5, 0.6) is 0 Å². The number of H-pyrrole nitrogens is 1. The first kappa shape index (κ1) is 13.3. The van der Waals surface area contributed by atoms with Crippen molar-refractivity contribution in [3.05, 3.63) is 24.0 Å². The summed E-state index contributed by atoms with van der Waals surface area (Å²) in [5.74, 6) is -1.63. The zero-order chi connectivity index (χ0) is 12.8. The highest BCUT2D eigenvalue weighted by Gasteiger charge is 2.30. The van der Waals surface area contributed by atoms with Crippen LogP contribution in [0.1, 0.15) is 19.4 Å². The Hall–Kier alpha value is -1.78. The molecule has 17 heavy (non-hydrogen) atoms. The Morgan fingerprint density at radius 3 is 2.65 bits per heavy atom. The van der Waals surface area contributed by atoms with Gasteiger partial charge >= 0.3 is 5.97 Å². The van der Waals surface area contributed by atoms with Crippen LogP contribution in [0.3, 0.4) is 0 Å². The van der Waals surface area contributed by atoms with E-state index in [9.17, 15) is 9.59 Å². The van der Waals surface area contributed by atoms with Crippen molar-refractivity contribution < 1.29 is 14.3 Å². The second-order valence-electron chi connectivity index (χ2n) is 4.18. The Bertz CT molecular complexity index is 371. The summed E-state index contributed by atoms with van der Waals surface area (Å²) in [5.41, 5.74) is 0.964. The molecule has 0 aliphatic heterocycles. The molecule has 0 bridgehead atoms. The van der Waals surface area contributed by atoms with Crippen LogP contribution in [0.4, 0.5) is 0 Å². The largest absolute Gasteiger partial charge is 0.468 e. The quantitative estimate of drug-likeness (QED) is 0.595. The molecule has 5 nitrogen and oxygen atoms in total. The van der Waals surface area contributed by atoms with Crippen molar-refractivity contribution in [3.63, 3.8) is 0 Å². The highest BCUT2D eigenvalue weighted by Crippen LogP contribution is 2.13. The molecular formula is C12H18N2O3. The molecular weight excluding hydrogens is 220 g/mol. The molecule has 94 valence electrons. The molecule has 0 fully saturated rings. The van der Waals surface area contributed by atoms with E-state index in [1.807, 2.05) is 19.9 Å². The van der Waals surface area contributed by atoms with E-state index in [1.165, 1.54) is 7.11 Å². The van der Waals surface area contributed by atoms with Crippen molar-refractivity contribution in [2.75, 3.05) is 7.11 Å². The monoisotopic (exact) mass is 238 g/mol. The minimum Gasteiger partial charge on any atom is -0.468 e. The van der Waals surface area contributed by atoms with Crippen LogP contribution >= 0.6 is 0 Å². The number of amides is 1. The van der Waals surface area contributed by atoms with Crippen LogP contribution in [0.2, 0.25) is 0 Å². The van der Waals surface area contributed by atoms with Gasteiger partial charge in [-0.25, -0.2) is 0 Å². The Labute approximate surface area is 101 Å². The predicted octanol–water partition coefficient (Wildman–Crippen LogP) is 1.08. The summed E-state index contributed by atoms with van der Waals surface area (Å²) in [6.07, 6.45) is 3.57. The first-order chi connectivity index (χ1) is 8.06. The molecule has 0 radical (unpaired) electrons. The van der Waals surface area contributed by atoms with Gasteiger partial charge in [-0.15, -0.1) is 0 Å². The Kier molecular flexibility index (Phi) is 4.75. The van der Waals surface area contributed by atoms with E-state index >= 15 is 0 Å². The summed E-state index contributed by atoms with van der Waals surface area (Å²) in [6, 6.07) is 1.86. The maximum atomic E-state index is 11.9. The molecule has 1 amide bonds. The number of hydrogen-bond donors (Lipinski definition) is 2. The smallest absolute Gasteiger partial charge is 0.318 e. The zero-order valence-corrected chi connectivity index (χ0v) is 10.3. The van der Waals surface area contributed by atoms with Crippen LogP contribution in [-0.4, -0.2) is 24.0 Å². The first-order valence-corrected chi connectivity index (χ1v) is 5.53. The molecule has 0 aliphatic carbocycles. The number of nitrogens with one attached hydrogen (secondary N) is 2. The van der Waals surface area contributed by atoms with E-state index in [0.29, 0.717) is 6.54 Å². The Morgan fingerprint density at radius 2 is 2.18 bits per heavy atom. The molecule has 0 spiro atoms. The van der Waals surface area contributed by atoms with Crippen molar-refractivity contribution >= 4 is 11.9 Å². The summed E-state index contributed by atoms with van der Waals surface area (Å²) in [4.78, 5) is 26.2. The molecule has 0 saturated heterocycles. The standard InChI is InChI=1S/C12H18N2O3/c1-8(2)10(12(16)17-3)11(15)14-7-9-4-5-13-6-9/h4-6,8,10,13H,7H2,1-3H3,(H,14,15). The third-order valence-corrected chi connectivity index (χ3v) is 2.53. The first-order valence-electron chi connectivity index (χ1n) is 5.53. The molecule has 2 N–H and O–H groups in total. The minimum atomic E-state index is -0.751. The van der Waals surface area contributed by atoms with Crippen LogP contribution in [0.25, 0.3) is 0 Å². The Balaban J connectivity index is 2.57. The second kappa shape index (κ2) is 6.08. The molecule has 1 aromatic rings. The van der Waals surface area contributed by atoms with Gasteiger partial charge in [0.1, 0.15) is 5.92 Å². The third kappa shape index (κ3) is 3.62. The summed E-state index contributed by atoms with van der Waals surface area (Å²) < 4.78 is 4.63. The molecule has 1 aromatic heterocycles. The molecule has 1 unspecified atom stereocenters. The van der Waals surface area contributed by atoms with E-state index in [0.717, 1.165) is 5.56 Å². The van der Waals surface area contributed by atoms with Gasteiger partial charge in [-0.3, -0.25) is 9.59 Å². The van der Waals surface area contributed by atoms with E-state index in [1.54, 1.807) is 12.4 Å². The van der Waals surface area contributed by atoms with Gasteiger partial charge in [0.05, 0.1) is 7.11 Å². The van der Waals surface area contributed by atoms with Gasteiger partial charge in [0.15, 0.2) is 0 Å². The van der Waals surface area contributed by atoms with Crippen molar-refractivity contribution in [2.45, 2.75) is 20.4 Å². The van der Waals surface area contributed by atoms with Gasteiger partial charge in [0.25, 0.3) is 0 Å². The van der Waals surface area contributed by atoms with Crippen LogP contribution in [-0.2, 0) is 20.9 Å². The molecule has 0 aliphatic rings. The maximum Gasteiger partial charge on any atom is 0.318 e. The highest BCUT2D eigenvalue weighted by molar-refractivity contribution is 5.97. The van der Waals surface area contributed by atoms with E-state index < -0.39 is 11.9 Å². The maximum absolute atomic E-state index is 11.9. The SMILES string of the molecule is COC(=O)C(C(=O)NCc1cc[nH]c1)C(C)C. The number of aromatic amines is 1. The number of methoxy groups -OCH3 is 1. The van der Waals surface area contributed by atoms with Crippen LogP contribution in [0, 0.1) is 11.8 Å².